The summed E-state index contributed by atoms with van der Waals surface area (Å²) in [7, 11) is -1.73. The molecule has 0 aliphatic heterocycles. The summed E-state index contributed by atoms with van der Waals surface area (Å²) in [5.41, 5.74) is 0. The van der Waals surface area contributed by atoms with E-state index in [1.807, 2.05) is 0 Å². The van der Waals surface area contributed by atoms with Crippen molar-refractivity contribution >= 4 is 14.3 Å². The Morgan fingerprint density at radius 2 is 1.95 bits per heavy atom. The van der Waals surface area contributed by atoms with Crippen molar-refractivity contribution in [2.45, 2.75) is 64.8 Å². The zero-order chi connectivity index (χ0) is 15.8. The topological polar surface area (TPSA) is 55.8 Å². The number of rotatable bonds is 8. The molecule has 0 spiro atoms. The van der Waals surface area contributed by atoms with E-state index in [9.17, 15) is 9.90 Å². The second-order valence-electron chi connectivity index (χ2n) is 6.44. The monoisotopic (exact) mass is 302 g/mol. The molecule has 118 valence electrons. The Balaban J connectivity index is 3.95. The van der Waals surface area contributed by atoms with Gasteiger partial charge in [-0.05, 0) is 37.9 Å². The molecule has 1 atom stereocenters. The molecule has 5 heteroatoms. The molecule has 0 unspecified atom stereocenters. The summed E-state index contributed by atoms with van der Waals surface area (Å²) in [6.07, 6.45) is 3.56. The zero-order valence-electron chi connectivity index (χ0n) is 13.7. The van der Waals surface area contributed by atoms with Crippen LogP contribution < -0.4 is 0 Å². The smallest absolute Gasteiger partial charge is 0.330 e. The summed E-state index contributed by atoms with van der Waals surface area (Å²) in [6.45, 7) is 13.7. The Morgan fingerprint density at radius 3 is 2.45 bits per heavy atom. The normalized spacial score (nSPS) is 14.6. The number of carbonyl (C=O) groups excluding carboxylic acids is 1. The lowest BCUT2D eigenvalue weighted by molar-refractivity contribution is -0.137. The Kier molecular flexibility index (Phi) is 8.31. The molecule has 0 fully saturated rings. The fourth-order valence-corrected chi connectivity index (χ4v) is 2.36. The van der Waals surface area contributed by atoms with E-state index in [2.05, 4.69) is 33.9 Å². The van der Waals surface area contributed by atoms with Crippen LogP contribution in [0.4, 0.5) is 0 Å². The van der Waals surface area contributed by atoms with Crippen molar-refractivity contribution in [3.8, 4) is 0 Å². The quantitative estimate of drug-likeness (QED) is 0.425. The molecule has 0 bridgehead atoms. The Morgan fingerprint density at radius 1 is 1.35 bits per heavy atom. The predicted octanol–water partition coefficient (Wildman–Crippen LogP) is 3.27. The van der Waals surface area contributed by atoms with E-state index in [-0.39, 0.29) is 11.0 Å². The van der Waals surface area contributed by atoms with Crippen LogP contribution in [0.25, 0.3) is 0 Å². The van der Waals surface area contributed by atoms with Crippen molar-refractivity contribution in [1.29, 1.82) is 0 Å². The summed E-state index contributed by atoms with van der Waals surface area (Å²) in [5.74, 6) is -0.364. The van der Waals surface area contributed by atoms with E-state index >= 15 is 0 Å². The third-order valence-corrected chi connectivity index (χ3v) is 8.21. The molecule has 0 amide bonds. The van der Waals surface area contributed by atoms with Gasteiger partial charge in [-0.2, -0.15) is 0 Å². The maximum absolute atomic E-state index is 11.1. The van der Waals surface area contributed by atoms with Gasteiger partial charge in [-0.3, -0.25) is 0 Å². The standard InChI is InChI=1S/C15H30O4Si/c1-7-18-14(17)10-8-9-13(16)11-12-19-20(5,6)15(2,3)4/h8,10,13,16H,7,9,11-12H2,1-6H3/b10-8+/t13-/m0/s1. The molecular formula is C15H30O4Si. The molecule has 0 rings (SSSR count). The largest absolute Gasteiger partial charge is 0.463 e. The summed E-state index contributed by atoms with van der Waals surface area (Å²) in [6, 6.07) is 0. The minimum atomic E-state index is -1.73. The zero-order valence-corrected chi connectivity index (χ0v) is 14.7. The first kappa shape index (κ1) is 19.3. The number of esters is 1. The lowest BCUT2D eigenvalue weighted by Gasteiger charge is -2.36. The van der Waals surface area contributed by atoms with Crippen LogP contribution in [0, 0.1) is 0 Å². The maximum Gasteiger partial charge on any atom is 0.330 e. The van der Waals surface area contributed by atoms with Crippen molar-refractivity contribution in [2.75, 3.05) is 13.2 Å². The van der Waals surface area contributed by atoms with E-state index in [1.54, 1.807) is 13.0 Å². The van der Waals surface area contributed by atoms with Crippen molar-refractivity contribution in [1.82, 2.24) is 0 Å². The number of hydrogen-bond donors (Lipinski definition) is 1. The van der Waals surface area contributed by atoms with Crippen LogP contribution in [0.3, 0.4) is 0 Å². The molecule has 0 saturated heterocycles. The van der Waals surface area contributed by atoms with E-state index in [4.69, 9.17) is 9.16 Å². The van der Waals surface area contributed by atoms with Crippen LogP contribution >= 0.6 is 0 Å². The summed E-state index contributed by atoms with van der Waals surface area (Å²) in [4.78, 5) is 11.1. The first-order valence-corrected chi connectivity index (χ1v) is 10.2. The second kappa shape index (κ2) is 8.59. The van der Waals surface area contributed by atoms with Gasteiger partial charge in [0.05, 0.1) is 12.7 Å². The van der Waals surface area contributed by atoms with Crippen LogP contribution in [0.2, 0.25) is 18.1 Å². The van der Waals surface area contributed by atoms with Gasteiger partial charge in [0.1, 0.15) is 0 Å². The summed E-state index contributed by atoms with van der Waals surface area (Å²) in [5, 5.41) is 10.0. The first-order valence-electron chi connectivity index (χ1n) is 7.25. The molecule has 0 aromatic heterocycles. The van der Waals surface area contributed by atoms with Gasteiger partial charge in [-0.1, -0.05) is 26.8 Å². The van der Waals surface area contributed by atoms with Crippen molar-refractivity contribution < 1.29 is 19.1 Å². The van der Waals surface area contributed by atoms with Gasteiger partial charge >= 0.3 is 5.97 Å². The first-order chi connectivity index (χ1) is 9.10. The molecule has 1 N–H and O–H groups in total. The molecule has 0 aromatic carbocycles. The molecule has 0 heterocycles. The highest BCUT2D eigenvalue weighted by Crippen LogP contribution is 2.36. The molecular weight excluding hydrogens is 272 g/mol. The van der Waals surface area contributed by atoms with Crippen LogP contribution in [0.5, 0.6) is 0 Å². The average Bonchev–Trinajstić information content (AvgIpc) is 2.27. The van der Waals surface area contributed by atoms with Crippen LogP contribution in [0.1, 0.15) is 40.5 Å². The summed E-state index contributed by atoms with van der Waals surface area (Å²) >= 11 is 0. The molecule has 0 aliphatic rings. The predicted molar refractivity (Wildman–Crippen MR) is 84.2 cm³/mol. The highest BCUT2D eigenvalue weighted by atomic mass is 28.4. The second-order valence-corrected chi connectivity index (χ2v) is 11.3. The number of carbonyl (C=O) groups is 1. The SMILES string of the molecule is CCOC(=O)/C=C/C[C@H](O)CCO[Si](C)(C)C(C)(C)C. The number of aliphatic hydroxyl groups excluding tert-OH is 1. The van der Waals surface area contributed by atoms with Gasteiger partial charge in [0.25, 0.3) is 0 Å². The number of ether oxygens (including phenoxy) is 1. The Labute approximate surface area is 124 Å². The van der Waals surface area contributed by atoms with E-state index < -0.39 is 14.4 Å². The van der Waals surface area contributed by atoms with Crippen LogP contribution in [0.15, 0.2) is 12.2 Å². The van der Waals surface area contributed by atoms with Gasteiger partial charge in [0.15, 0.2) is 8.32 Å². The van der Waals surface area contributed by atoms with Crippen molar-refractivity contribution in [3.05, 3.63) is 12.2 Å². The third kappa shape index (κ3) is 7.82. The highest BCUT2D eigenvalue weighted by molar-refractivity contribution is 6.74. The fraction of sp³-hybridized carbons (Fsp3) is 0.800. The van der Waals surface area contributed by atoms with Crippen LogP contribution in [-0.2, 0) is 14.0 Å². The molecule has 0 saturated carbocycles. The highest BCUT2D eigenvalue weighted by Gasteiger charge is 2.36. The molecule has 0 aromatic rings. The Hall–Kier alpha value is -0.653. The van der Waals surface area contributed by atoms with Gasteiger partial charge < -0.3 is 14.3 Å². The number of aliphatic hydroxyl groups is 1. The minimum Gasteiger partial charge on any atom is -0.463 e. The molecule has 0 aliphatic carbocycles. The maximum atomic E-state index is 11.1. The number of hydrogen-bond acceptors (Lipinski definition) is 4. The van der Waals surface area contributed by atoms with Gasteiger partial charge in [0.2, 0.25) is 0 Å². The van der Waals surface area contributed by atoms with Gasteiger partial charge in [-0.25, -0.2) is 4.79 Å². The van der Waals surface area contributed by atoms with E-state index in [0.29, 0.717) is 26.1 Å². The van der Waals surface area contributed by atoms with Gasteiger partial charge in [0, 0.05) is 12.7 Å². The van der Waals surface area contributed by atoms with Crippen LogP contribution in [-0.4, -0.2) is 38.7 Å². The average molecular weight is 302 g/mol. The third-order valence-electron chi connectivity index (χ3n) is 3.67. The fourth-order valence-electron chi connectivity index (χ4n) is 1.30. The lowest BCUT2D eigenvalue weighted by Crippen LogP contribution is -2.41. The summed E-state index contributed by atoms with van der Waals surface area (Å²) < 4.78 is 10.8. The van der Waals surface area contributed by atoms with E-state index in [0.717, 1.165) is 0 Å². The van der Waals surface area contributed by atoms with Crippen molar-refractivity contribution in [3.63, 3.8) is 0 Å². The molecule has 20 heavy (non-hydrogen) atoms. The van der Waals surface area contributed by atoms with Crippen molar-refractivity contribution in [2.24, 2.45) is 0 Å². The van der Waals surface area contributed by atoms with Gasteiger partial charge in [-0.15, -0.1) is 0 Å². The molecule has 4 nitrogen and oxygen atoms in total. The van der Waals surface area contributed by atoms with E-state index in [1.165, 1.54) is 6.08 Å². The lowest BCUT2D eigenvalue weighted by atomic mass is 10.2. The minimum absolute atomic E-state index is 0.182. The molecule has 0 radical (unpaired) electrons. The Bertz CT molecular complexity index is 318.